The fraction of sp³-hybridized carbons (Fsp3) is 0.483. The third-order valence-electron chi connectivity index (χ3n) is 7.54. The number of nitrogens with zero attached hydrogens (tertiary/aromatic N) is 4. The summed E-state index contributed by atoms with van der Waals surface area (Å²) in [7, 11) is 0. The lowest BCUT2D eigenvalue weighted by Gasteiger charge is -2.47. The molecule has 2 aliphatic heterocycles. The first-order chi connectivity index (χ1) is 17.0. The molecule has 3 aromatic rings. The van der Waals surface area contributed by atoms with E-state index in [1.807, 2.05) is 42.5 Å². The standard InChI is InChI=1S/C29H36N4O2/c1-21(2)18-31-16-14-27-23(19-31)11-8-15-32(27)28(34)20-33-29(35)25-13-7-6-12-24(25)26(30-33)17-22-9-4-3-5-10-22/h3-7,9-10,12-13,21,23,27H,8,11,14-20H2,1-2H3/t23-,27+/m0/s1. The first-order valence-corrected chi connectivity index (χ1v) is 13.0. The average Bonchev–Trinajstić information content (AvgIpc) is 2.86. The number of benzene rings is 2. The highest BCUT2D eigenvalue weighted by atomic mass is 16.2. The maximum atomic E-state index is 13.6. The highest BCUT2D eigenvalue weighted by Gasteiger charge is 2.38. The quantitative estimate of drug-likeness (QED) is 0.545. The van der Waals surface area contributed by atoms with Gasteiger partial charge in [0.25, 0.3) is 5.56 Å². The van der Waals surface area contributed by atoms with E-state index >= 15 is 0 Å². The predicted molar refractivity (Wildman–Crippen MR) is 139 cm³/mol. The van der Waals surface area contributed by atoms with Crippen molar-refractivity contribution >= 4 is 16.7 Å². The Kier molecular flexibility index (Phi) is 7.00. The van der Waals surface area contributed by atoms with Crippen LogP contribution < -0.4 is 5.56 Å². The molecule has 1 amide bonds. The minimum absolute atomic E-state index is 0.00435. The number of fused-ring (bicyclic) bond motifs is 2. The third kappa shape index (κ3) is 5.18. The van der Waals surface area contributed by atoms with Crippen LogP contribution in [0.25, 0.3) is 10.8 Å². The topological polar surface area (TPSA) is 58.4 Å². The number of rotatable bonds is 6. The molecule has 2 aromatic carbocycles. The molecule has 5 rings (SSSR count). The van der Waals surface area contributed by atoms with Gasteiger partial charge in [0, 0.05) is 44.0 Å². The maximum absolute atomic E-state index is 13.6. The van der Waals surface area contributed by atoms with E-state index in [1.165, 1.54) is 11.1 Å². The molecule has 0 spiro atoms. The monoisotopic (exact) mass is 472 g/mol. The number of hydrogen-bond donors (Lipinski definition) is 0. The van der Waals surface area contributed by atoms with Crippen LogP contribution in [0.4, 0.5) is 0 Å². The molecule has 2 fully saturated rings. The van der Waals surface area contributed by atoms with Crippen molar-refractivity contribution < 1.29 is 4.79 Å². The van der Waals surface area contributed by atoms with Crippen molar-refractivity contribution in [1.29, 1.82) is 0 Å². The molecule has 2 atom stereocenters. The second kappa shape index (κ2) is 10.3. The number of piperidine rings is 2. The molecule has 6 nitrogen and oxygen atoms in total. The molecule has 35 heavy (non-hydrogen) atoms. The fourth-order valence-corrected chi connectivity index (χ4v) is 6.02. The van der Waals surface area contributed by atoms with Crippen LogP contribution in [0.3, 0.4) is 0 Å². The Labute approximate surface area is 207 Å². The number of carbonyl (C=O) groups excluding carboxylic acids is 1. The average molecular weight is 473 g/mol. The third-order valence-corrected chi connectivity index (χ3v) is 7.54. The van der Waals surface area contributed by atoms with Gasteiger partial charge in [-0.05, 0) is 42.7 Å². The van der Waals surface area contributed by atoms with Crippen molar-refractivity contribution in [3.05, 3.63) is 76.2 Å². The SMILES string of the molecule is CC(C)CN1CC[C@@H]2[C@@H](CCCN2C(=O)Cn2nc(Cc3ccccc3)c3ccccc3c2=O)C1. The minimum Gasteiger partial charge on any atom is -0.338 e. The van der Waals surface area contributed by atoms with Crippen LogP contribution in [-0.4, -0.2) is 57.7 Å². The molecule has 3 heterocycles. The van der Waals surface area contributed by atoms with Crippen LogP contribution >= 0.6 is 0 Å². The van der Waals surface area contributed by atoms with Gasteiger partial charge in [-0.3, -0.25) is 9.59 Å². The molecule has 0 aliphatic carbocycles. The summed E-state index contributed by atoms with van der Waals surface area (Å²) >= 11 is 0. The van der Waals surface area contributed by atoms with Gasteiger partial charge in [-0.1, -0.05) is 62.4 Å². The van der Waals surface area contributed by atoms with Crippen LogP contribution in [0.5, 0.6) is 0 Å². The molecule has 0 unspecified atom stereocenters. The predicted octanol–water partition coefficient (Wildman–Crippen LogP) is 3.96. The van der Waals surface area contributed by atoms with E-state index in [2.05, 4.69) is 35.8 Å². The lowest BCUT2D eigenvalue weighted by atomic mass is 9.83. The lowest BCUT2D eigenvalue weighted by Crippen LogP contribution is -2.56. The van der Waals surface area contributed by atoms with Gasteiger partial charge in [0.1, 0.15) is 6.54 Å². The highest BCUT2D eigenvalue weighted by molar-refractivity contribution is 5.84. The largest absolute Gasteiger partial charge is 0.338 e. The second-order valence-corrected chi connectivity index (χ2v) is 10.6. The smallest absolute Gasteiger partial charge is 0.275 e. The molecule has 0 N–H and O–H groups in total. The van der Waals surface area contributed by atoms with E-state index < -0.39 is 0 Å². The zero-order valence-electron chi connectivity index (χ0n) is 20.9. The van der Waals surface area contributed by atoms with E-state index in [-0.39, 0.29) is 24.1 Å². The maximum Gasteiger partial charge on any atom is 0.275 e. The minimum atomic E-state index is -0.189. The zero-order chi connectivity index (χ0) is 24.4. The van der Waals surface area contributed by atoms with Crippen molar-refractivity contribution in [3.63, 3.8) is 0 Å². The van der Waals surface area contributed by atoms with Crippen molar-refractivity contribution in [2.45, 2.75) is 52.1 Å². The number of amides is 1. The number of aromatic nitrogens is 2. The molecular weight excluding hydrogens is 436 g/mol. The zero-order valence-corrected chi connectivity index (χ0v) is 20.9. The number of likely N-dealkylation sites (tertiary alicyclic amines) is 2. The van der Waals surface area contributed by atoms with Gasteiger partial charge in [-0.15, -0.1) is 0 Å². The van der Waals surface area contributed by atoms with Crippen LogP contribution in [0.1, 0.15) is 44.4 Å². The summed E-state index contributed by atoms with van der Waals surface area (Å²) in [5.41, 5.74) is 1.78. The normalized spacial score (nSPS) is 20.8. The summed E-state index contributed by atoms with van der Waals surface area (Å²) in [6.07, 6.45) is 3.85. The summed E-state index contributed by atoms with van der Waals surface area (Å²) in [5, 5.41) is 6.21. The summed E-state index contributed by atoms with van der Waals surface area (Å²) in [4.78, 5) is 31.5. The second-order valence-electron chi connectivity index (χ2n) is 10.6. The van der Waals surface area contributed by atoms with Gasteiger partial charge in [0.2, 0.25) is 5.91 Å². The Morgan fingerprint density at radius 1 is 1.00 bits per heavy atom. The van der Waals surface area contributed by atoms with Crippen LogP contribution in [0.15, 0.2) is 59.4 Å². The van der Waals surface area contributed by atoms with E-state index in [9.17, 15) is 9.59 Å². The lowest BCUT2D eigenvalue weighted by molar-refractivity contribution is -0.139. The molecule has 0 saturated carbocycles. The van der Waals surface area contributed by atoms with Crippen LogP contribution in [0, 0.1) is 11.8 Å². The summed E-state index contributed by atoms with van der Waals surface area (Å²) in [5.74, 6) is 1.20. The van der Waals surface area contributed by atoms with Gasteiger partial charge >= 0.3 is 0 Å². The first-order valence-electron chi connectivity index (χ1n) is 13.0. The van der Waals surface area contributed by atoms with Crippen molar-refractivity contribution in [2.24, 2.45) is 11.8 Å². The molecular formula is C29H36N4O2. The van der Waals surface area contributed by atoms with Gasteiger partial charge in [0.15, 0.2) is 0 Å². The molecule has 2 aliphatic rings. The Morgan fingerprint density at radius 3 is 2.51 bits per heavy atom. The molecule has 1 aromatic heterocycles. The van der Waals surface area contributed by atoms with Crippen molar-refractivity contribution in [3.8, 4) is 0 Å². The Bertz CT molecular complexity index is 1240. The Balaban J connectivity index is 1.39. The van der Waals surface area contributed by atoms with Gasteiger partial charge in [0.05, 0.1) is 11.1 Å². The van der Waals surface area contributed by atoms with Crippen molar-refractivity contribution in [1.82, 2.24) is 19.6 Å². The molecule has 6 heteroatoms. The fourth-order valence-electron chi connectivity index (χ4n) is 6.02. The van der Waals surface area contributed by atoms with E-state index in [0.29, 0.717) is 23.6 Å². The summed E-state index contributed by atoms with van der Waals surface area (Å²) in [6.45, 7) is 8.55. The van der Waals surface area contributed by atoms with Gasteiger partial charge in [-0.25, -0.2) is 4.68 Å². The Hall–Kier alpha value is -2.99. The van der Waals surface area contributed by atoms with E-state index in [1.54, 1.807) is 0 Å². The molecule has 0 bridgehead atoms. The Morgan fingerprint density at radius 2 is 1.74 bits per heavy atom. The number of hydrogen-bond acceptors (Lipinski definition) is 4. The number of carbonyl (C=O) groups is 1. The van der Waals surface area contributed by atoms with Crippen molar-refractivity contribution in [2.75, 3.05) is 26.2 Å². The van der Waals surface area contributed by atoms with Gasteiger partial charge in [-0.2, -0.15) is 5.10 Å². The molecule has 2 saturated heterocycles. The molecule has 0 radical (unpaired) electrons. The molecule has 184 valence electrons. The van der Waals surface area contributed by atoms with Crippen LogP contribution in [0.2, 0.25) is 0 Å². The first kappa shape index (κ1) is 23.7. The van der Waals surface area contributed by atoms with Crippen LogP contribution in [-0.2, 0) is 17.8 Å². The highest BCUT2D eigenvalue weighted by Crippen LogP contribution is 2.31. The van der Waals surface area contributed by atoms with Gasteiger partial charge < -0.3 is 9.80 Å². The van der Waals surface area contributed by atoms with E-state index in [0.717, 1.165) is 55.7 Å². The van der Waals surface area contributed by atoms with E-state index in [4.69, 9.17) is 5.10 Å². The summed E-state index contributed by atoms with van der Waals surface area (Å²) in [6, 6.07) is 18.0. The summed E-state index contributed by atoms with van der Waals surface area (Å²) < 4.78 is 1.40.